The molecule has 1 saturated heterocycles. The number of carbonyl (C=O) groups is 1. The number of H-pyrrole nitrogens is 1. The molecule has 144 valence electrons. The van der Waals surface area contributed by atoms with Gasteiger partial charge in [0, 0.05) is 44.0 Å². The number of hydrogen-bond acceptors (Lipinski definition) is 3. The second-order valence-corrected chi connectivity index (χ2v) is 6.68. The molecular formula is C17H19F3N6O. The second kappa shape index (κ2) is 6.98. The maximum atomic E-state index is 12.3. The van der Waals surface area contributed by atoms with E-state index in [9.17, 15) is 18.0 Å². The molecule has 0 bridgehead atoms. The third kappa shape index (κ3) is 3.77. The van der Waals surface area contributed by atoms with Gasteiger partial charge in [-0.15, -0.1) is 0 Å². The van der Waals surface area contributed by atoms with E-state index in [2.05, 4.69) is 14.8 Å². The number of nitrogens with zero attached hydrogens (tertiary/aromatic N) is 4. The van der Waals surface area contributed by atoms with Gasteiger partial charge in [0.05, 0.1) is 12.3 Å². The lowest BCUT2D eigenvalue weighted by Crippen LogP contribution is -2.44. The quantitative estimate of drug-likeness (QED) is 0.804. The zero-order valence-corrected chi connectivity index (χ0v) is 14.8. The van der Waals surface area contributed by atoms with Crippen molar-refractivity contribution in [1.82, 2.24) is 20.2 Å². The Morgan fingerprint density at radius 2 is 2.26 bits per heavy atom. The molecule has 0 spiro atoms. The molecule has 1 aliphatic rings. The van der Waals surface area contributed by atoms with Gasteiger partial charge in [0.1, 0.15) is 12.2 Å². The van der Waals surface area contributed by atoms with Crippen molar-refractivity contribution < 1.29 is 18.0 Å². The molecule has 2 amide bonds. The molecule has 0 radical (unpaired) electrons. The first kappa shape index (κ1) is 18.8. The number of fused-ring (bicyclic) bond motifs is 1. The summed E-state index contributed by atoms with van der Waals surface area (Å²) >= 11 is 0. The highest BCUT2D eigenvalue weighted by molar-refractivity contribution is 5.97. The molecule has 2 N–H and O–H groups in total. The lowest BCUT2D eigenvalue weighted by Gasteiger charge is -2.30. The number of likely N-dealkylation sites (N-methyl/N-ethyl adjacent to an activating group) is 1. The zero-order chi connectivity index (χ0) is 19.8. The number of hydrogen-bond donors (Lipinski definition) is 2. The van der Waals surface area contributed by atoms with Crippen LogP contribution in [0.25, 0.3) is 15.9 Å². The predicted octanol–water partition coefficient (Wildman–Crippen LogP) is 3.14. The van der Waals surface area contributed by atoms with Crippen LogP contribution in [0.3, 0.4) is 0 Å². The fraction of sp³-hybridized carbons (Fsp3) is 0.471. The van der Waals surface area contributed by atoms with Crippen molar-refractivity contribution in [2.75, 3.05) is 31.6 Å². The molecule has 3 rings (SSSR count). The van der Waals surface area contributed by atoms with E-state index in [0.717, 1.165) is 5.39 Å². The molecule has 10 heteroatoms. The predicted molar refractivity (Wildman–Crippen MR) is 94.7 cm³/mol. The van der Waals surface area contributed by atoms with Crippen LogP contribution in [0.2, 0.25) is 0 Å². The summed E-state index contributed by atoms with van der Waals surface area (Å²) in [5.41, 5.74) is 1.73. The number of carbonyl (C=O) groups excluding carboxylic acids is 1. The van der Waals surface area contributed by atoms with Crippen LogP contribution in [0.4, 0.5) is 29.3 Å². The molecular weight excluding hydrogens is 361 g/mol. The lowest BCUT2D eigenvalue weighted by atomic mass is 10.0. The minimum atomic E-state index is -4.45. The van der Waals surface area contributed by atoms with Crippen molar-refractivity contribution in [1.29, 1.82) is 0 Å². The molecule has 0 aromatic carbocycles. The van der Waals surface area contributed by atoms with Gasteiger partial charge in [-0.05, 0) is 12.0 Å². The minimum absolute atomic E-state index is 0.0207. The van der Waals surface area contributed by atoms with Gasteiger partial charge in [0.25, 0.3) is 0 Å². The number of halogens is 3. The Morgan fingerprint density at radius 1 is 1.52 bits per heavy atom. The summed E-state index contributed by atoms with van der Waals surface area (Å²) in [7, 11) is 1.83. The van der Waals surface area contributed by atoms with E-state index in [4.69, 9.17) is 6.57 Å². The Bertz CT molecular complexity index is 887. The first-order valence-corrected chi connectivity index (χ1v) is 8.37. The summed E-state index contributed by atoms with van der Waals surface area (Å²) in [6.07, 6.45) is -1.22. The first-order chi connectivity index (χ1) is 12.7. The average molecular weight is 380 g/mol. The fourth-order valence-corrected chi connectivity index (χ4v) is 3.51. The van der Waals surface area contributed by atoms with Crippen LogP contribution in [0.15, 0.2) is 18.5 Å². The lowest BCUT2D eigenvalue weighted by molar-refractivity contribution is -0.123. The Morgan fingerprint density at radius 3 is 2.93 bits per heavy atom. The van der Waals surface area contributed by atoms with Crippen LogP contribution in [-0.4, -0.2) is 59.8 Å². The van der Waals surface area contributed by atoms with Crippen LogP contribution in [0, 0.1) is 12.5 Å². The highest BCUT2D eigenvalue weighted by Crippen LogP contribution is 2.37. The van der Waals surface area contributed by atoms with Crippen molar-refractivity contribution in [2.24, 2.45) is 5.92 Å². The van der Waals surface area contributed by atoms with E-state index in [1.165, 1.54) is 11.1 Å². The van der Waals surface area contributed by atoms with Crippen molar-refractivity contribution in [3.05, 3.63) is 29.9 Å². The van der Waals surface area contributed by atoms with Crippen molar-refractivity contribution in [3.63, 3.8) is 0 Å². The third-order valence-electron chi connectivity index (χ3n) is 4.81. The van der Waals surface area contributed by atoms with Gasteiger partial charge in [-0.25, -0.2) is 9.64 Å². The summed E-state index contributed by atoms with van der Waals surface area (Å²) in [4.78, 5) is 26.1. The Hall–Kier alpha value is -2.96. The number of likely N-dealkylation sites (tertiary alicyclic amines) is 1. The van der Waals surface area contributed by atoms with Gasteiger partial charge in [0.2, 0.25) is 5.69 Å². The minimum Gasteiger partial charge on any atom is -0.378 e. The van der Waals surface area contributed by atoms with Gasteiger partial charge in [0.15, 0.2) is 0 Å². The second-order valence-electron chi connectivity index (χ2n) is 6.68. The summed E-state index contributed by atoms with van der Waals surface area (Å²) in [6, 6.07) is 0.959. The SMILES string of the molecule is [C-]#[N+]c1cnc2[nH]ccc2c1N(C)C1CN(C(=O)NCC(F)(F)F)C[C@H]1C. The Balaban J connectivity index is 1.80. The largest absolute Gasteiger partial charge is 0.405 e. The number of amides is 2. The number of rotatable bonds is 3. The van der Waals surface area contributed by atoms with Crippen molar-refractivity contribution >= 4 is 28.4 Å². The van der Waals surface area contributed by atoms with Crippen LogP contribution < -0.4 is 10.2 Å². The number of aromatic amines is 1. The molecule has 7 nitrogen and oxygen atoms in total. The van der Waals surface area contributed by atoms with Crippen molar-refractivity contribution in [3.8, 4) is 0 Å². The number of urea groups is 1. The number of pyridine rings is 1. The smallest absolute Gasteiger partial charge is 0.378 e. The highest BCUT2D eigenvalue weighted by Gasteiger charge is 2.37. The maximum Gasteiger partial charge on any atom is 0.405 e. The average Bonchev–Trinajstić information content (AvgIpc) is 3.23. The highest BCUT2D eigenvalue weighted by atomic mass is 19.4. The van der Waals surface area contributed by atoms with E-state index in [1.807, 2.05) is 30.3 Å². The number of nitrogens with one attached hydrogen (secondary N) is 2. The molecule has 0 saturated carbocycles. The summed E-state index contributed by atoms with van der Waals surface area (Å²) in [5.74, 6) is 0.0207. The molecule has 1 unspecified atom stereocenters. The van der Waals surface area contributed by atoms with Gasteiger partial charge in [-0.2, -0.15) is 13.2 Å². The van der Waals surface area contributed by atoms with E-state index >= 15 is 0 Å². The number of aromatic nitrogens is 2. The Labute approximate surface area is 154 Å². The molecule has 3 heterocycles. The third-order valence-corrected chi connectivity index (χ3v) is 4.81. The number of anilines is 1. The van der Waals surface area contributed by atoms with Crippen LogP contribution >= 0.6 is 0 Å². The fourth-order valence-electron chi connectivity index (χ4n) is 3.51. The molecule has 2 aromatic heterocycles. The van der Waals surface area contributed by atoms with Crippen LogP contribution in [0.5, 0.6) is 0 Å². The van der Waals surface area contributed by atoms with Gasteiger partial charge < -0.3 is 20.1 Å². The van der Waals surface area contributed by atoms with E-state index in [-0.39, 0.29) is 18.5 Å². The molecule has 1 fully saturated rings. The van der Waals surface area contributed by atoms with Crippen LogP contribution in [0.1, 0.15) is 6.92 Å². The standard InChI is InChI=1S/C17H19F3N6O/c1-10-7-26(16(27)24-9-17(18,19)20)8-13(10)25(3)14-11-4-5-22-15(11)23-6-12(14)21-2/h4-6,10,13H,7-9H2,1,3H3,(H,22,23)(H,24,27)/t10-,13?/m1/s1. The van der Waals surface area contributed by atoms with Gasteiger partial charge in [-0.3, -0.25) is 4.98 Å². The normalized spacial score (nSPS) is 19.9. The molecule has 1 aliphatic heterocycles. The van der Waals surface area contributed by atoms with Gasteiger partial charge in [-0.1, -0.05) is 6.92 Å². The molecule has 2 atom stereocenters. The Kier molecular flexibility index (Phi) is 4.87. The molecule has 27 heavy (non-hydrogen) atoms. The first-order valence-electron chi connectivity index (χ1n) is 8.37. The topological polar surface area (TPSA) is 68.6 Å². The maximum absolute atomic E-state index is 12.3. The van der Waals surface area contributed by atoms with E-state index < -0.39 is 18.8 Å². The van der Waals surface area contributed by atoms with Crippen LogP contribution in [-0.2, 0) is 0 Å². The summed E-state index contributed by atoms with van der Waals surface area (Å²) < 4.78 is 37.0. The van der Waals surface area contributed by atoms with Gasteiger partial charge >= 0.3 is 12.2 Å². The summed E-state index contributed by atoms with van der Waals surface area (Å²) in [6.45, 7) is 8.61. The van der Waals surface area contributed by atoms with E-state index in [0.29, 0.717) is 23.6 Å². The molecule has 0 aliphatic carbocycles. The molecule has 2 aromatic rings. The van der Waals surface area contributed by atoms with E-state index in [1.54, 1.807) is 6.20 Å². The monoisotopic (exact) mass is 380 g/mol. The van der Waals surface area contributed by atoms with Crippen molar-refractivity contribution in [2.45, 2.75) is 19.1 Å². The number of alkyl halides is 3. The zero-order valence-electron chi connectivity index (χ0n) is 14.8. The summed E-state index contributed by atoms with van der Waals surface area (Å²) in [5, 5.41) is 2.70.